The van der Waals surface area contributed by atoms with E-state index in [0.717, 1.165) is 0 Å². The number of hydrogen-bond donors (Lipinski definition) is 1. The fourth-order valence-electron chi connectivity index (χ4n) is 5.00. The molecule has 1 aromatic carbocycles. The second kappa shape index (κ2) is 14.8. The molecule has 0 aliphatic carbocycles. The van der Waals surface area contributed by atoms with Gasteiger partial charge in [-0.1, -0.05) is 57.2 Å². The molecule has 0 bridgehead atoms. The maximum atomic E-state index is 15.1. The first-order valence-electron chi connectivity index (χ1n) is 16.0. The van der Waals surface area contributed by atoms with Crippen LogP contribution in [0.4, 0.5) is 41.6 Å². The number of alkyl halides is 6. The zero-order valence-corrected chi connectivity index (χ0v) is 30.3. The highest BCUT2D eigenvalue weighted by Crippen LogP contribution is 2.48. The van der Waals surface area contributed by atoms with Crippen molar-refractivity contribution in [3.63, 3.8) is 0 Å². The first kappa shape index (κ1) is 41.7. The standard InChI is InChI=1S/C35H42F6N4O7/c1-11-12-18-33(35(39,40)41,49-19-20-16-14-13-15-17-20)27-44-43-26(50-27)23-24(21(30(2,3)4)22(25(46)42-23)34(36,37)38)45(28(47)51-31(5,6)7)29(48)52-32(8,9)10/h11,13-17H,1,12,18-19H2,2-10H3,(H,42,46)/t33-/m1/s1. The molecule has 0 saturated carbocycles. The van der Waals surface area contributed by atoms with E-state index in [9.17, 15) is 27.6 Å². The third kappa shape index (κ3) is 9.60. The normalized spacial score (nSPS) is 14.1. The predicted octanol–water partition coefficient (Wildman–Crippen LogP) is 9.36. The number of pyridine rings is 1. The Morgan fingerprint density at radius 1 is 0.865 bits per heavy atom. The van der Waals surface area contributed by atoms with Crippen molar-refractivity contribution < 1.29 is 54.6 Å². The van der Waals surface area contributed by atoms with Gasteiger partial charge in [0, 0.05) is 5.56 Å². The quantitative estimate of drug-likeness (QED) is 0.168. The zero-order valence-electron chi connectivity index (χ0n) is 30.3. The fourth-order valence-corrected chi connectivity index (χ4v) is 5.00. The number of allylic oxidation sites excluding steroid dienone is 1. The summed E-state index contributed by atoms with van der Waals surface area (Å²) >= 11 is 0. The number of rotatable bonds is 9. The fraction of sp³-hybridized carbons (Fsp3) is 0.514. The molecule has 11 nitrogen and oxygen atoms in total. The van der Waals surface area contributed by atoms with Crippen LogP contribution in [0.1, 0.15) is 97.7 Å². The average Bonchev–Trinajstić information content (AvgIpc) is 3.45. The molecule has 3 aromatic rings. The lowest BCUT2D eigenvalue weighted by atomic mass is 9.82. The lowest BCUT2D eigenvalue weighted by Gasteiger charge is -2.34. The SMILES string of the molecule is C=CCC[C@@](OCc1ccccc1)(c1nnc(-c2[nH]c(=O)c(C(F)(F)F)c(C(C)(C)C)c2N(C(=O)OC(C)(C)C)C(=O)OC(C)(C)C)o1)C(F)(F)F. The summed E-state index contributed by atoms with van der Waals surface area (Å²) < 4.78 is 111. The number of ether oxygens (including phenoxy) is 3. The Morgan fingerprint density at radius 2 is 1.40 bits per heavy atom. The molecule has 17 heteroatoms. The van der Waals surface area contributed by atoms with Crippen LogP contribution in [0.3, 0.4) is 0 Å². The Kier molecular flexibility index (Phi) is 11.8. The molecule has 2 aromatic heterocycles. The monoisotopic (exact) mass is 744 g/mol. The van der Waals surface area contributed by atoms with E-state index in [1.54, 1.807) is 18.2 Å². The van der Waals surface area contributed by atoms with E-state index in [2.05, 4.69) is 16.8 Å². The number of hydrogen-bond acceptors (Lipinski definition) is 9. The van der Waals surface area contributed by atoms with E-state index in [0.29, 0.717) is 5.56 Å². The number of H-pyrrole nitrogens is 1. The Balaban J connectivity index is 2.51. The first-order chi connectivity index (χ1) is 23.6. The van der Waals surface area contributed by atoms with Gasteiger partial charge in [-0.05, 0) is 65.4 Å². The lowest BCUT2D eigenvalue weighted by Crippen LogP contribution is -2.46. The van der Waals surface area contributed by atoms with Crippen molar-refractivity contribution in [3.05, 3.63) is 75.9 Å². The van der Waals surface area contributed by atoms with Crippen LogP contribution in [0.2, 0.25) is 0 Å². The predicted molar refractivity (Wildman–Crippen MR) is 177 cm³/mol. The van der Waals surface area contributed by atoms with Gasteiger partial charge in [0.25, 0.3) is 17.3 Å². The largest absolute Gasteiger partial charge is 0.443 e. The highest BCUT2D eigenvalue weighted by Gasteiger charge is 2.61. The number of aromatic amines is 1. The summed E-state index contributed by atoms with van der Waals surface area (Å²) in [6.45, 7) is 15.2. The lowest BCUT2D eigenvalue weighted by molar-refractivity contribution is -0.299. The van der Waals surface area contributed by atoms with E-state index in [1.165, 1.54) is 80.5 Å². The zero-order chi connectivity index (χ0) is 39.7. The Bertz CT molecular complexity index is 1790. The number of imide groups is 1. The molecule has 0 aliphatic heterocycles. The minimum absolute atomic E-state index is 0.113. The van der Waals surface area contributed by atoms with Crippen molar-refractivity contribution in [2.75, 3.05) is 4.90 Å². The molecule has 0 unspecified atom stereocenters. The van der Waals surface area contributed by atoms with Crippen molar-refractivity contribution in [1.29, 1.82) is 0 Å². The van der Waals surface area contributed by atoms with Crippen LogP contribution < -0.4 is 10.5 Å². The van der Waals surface area contributed by atoms with Crippen molar-refractivity contribution in [1.82, 2.24) is 15.2 Å². The minimum atomic E-state index is -5.38. The third-order valence-corrected chi connectivity index (χ3v) is 7.07. The van der Waals surface area contributed by atoms with E-state index in [1.807, 2.05) is 4.98 Å². The van der Waals surface area contributed by atoms with Gasteiger partial charge in [-0.2, -0.15) is 31.2 Å². The van der Waals surface area contributed by atoms with Gasteiger partial charge in [0.2, 0.25) is 5.60 Å². The Hall–Kier alpha value is -4.67. The van der Waals surface area contributed by atoms with E-state index >= 15 is 13.2 Å². The van der Waals surface area contributed by atoms with Gasteiger partial charge >= 0.3 is 24.5 Å². The smallest absolute Gasteiger partial charge is 0.426 e. The minimum Gasteiger partial charge on any atom is -0.443 e. The van der Waals surface area contributed by atoms with Crippen LogP contribution in [0.15, 0.2) is 52.2 Å². The number of aromatic nitrogens is 3. The molecule has 0 aliphatic rings. The molecule has 1 N–H and O–H groups in total. The highest BCUT2D eigenvalue weighted by atomic mass is 19.4. The van der Waals surface area contributed by atoms with E-state index in [-0.39, 0.29) is 11.3 Å². The molecule has 0 fully saturated rings. The van der Waals surface area contributed by atoms with Crippen molar-refractivity contribution >= 4 is 17.9 Å². The molecule has 52 heavy (non-hydrogen) atoms. The number of anilines is 1. The number of amides is 2. The van der Waals surface area contributed by atoms with Gasteiger partial charge in [0.15, 0.2) is 0 Å². The molecular formula is C35H42F6N4O7. The second-order valence-electron chi connectivity index (χ2n) is 14.8. The molecule has 1 atom stereocenters. The summed E-state index contributed by atoms with van der Waals surface area (Å²) in [5, 5.41) is 7.30. The Labute approximate surface area is 296 Å². The van der Waals surface area contributed by atoms with Crippen LogP contribution in [0.5, 0.6) is 0 Å². The first-order valence-corrected chi connectivity index (χ1v) is 16.0. The molecule has 2 amide bonds. The molecule has 3 rings (SSSR count). The number of carbonyl (C=O) groups excluding carboxylic acids is 2. The molecule has 0 saturated heterocycles. The second-order valence-corrected chi connectivity index (χ2v) is 14.8. The van der Waals surface area contributed by atoms with Crippen molar-refractivity contribution in [2.24, 2.45) is 0 Å². The van der Waals surface area contributed by atoms with Crippen LogP contribution in [0, 0.1) is 0 Å². The number of benzene rings is 1. The number of carbonyl (C=O) groups is 2. The van der Waals surface area contributed by atoms with Crippen LogP contribution in [-0.2, 0) is 38.0 Å². The van der Waals surface area contributed by atoms with E-state index in [4.69, 9.17) is 18.6 Å². The highest BCUT2D eigenvalue weighted by molar-refractivity contribution is 6.12. The van der Waals surface area contributed by atoms with Crippen LogP contribution >= 0.6 is 0 Å². The maximum absolute atomic E-state index is 15.1. The summed E-state index contributed by atoms with van der Waals surface area (Å²) in [5.74, 6) is -2.17. The van der Waals surface area contributed by atoms with Gasteiger partial charge in [-0.3, -0.25) is 4.79 Å². The summed E-state index contributed by atoms with van der Waals surface area (Å²) in [6.07, 6.45) is -13.6. The van der Waals surface area contributed by atoms with Crippen LogP contribution in [0.25, 0.3) is 11.6 Å². The topological polar surface area (TPSA) is 137 Å². The molecule has 2 heterocycles. The summed E-state index contributed by atoms with van der Waals surface area (Å²) in [5.41, 5.74) is -13.7. The van der Waals surface area contributed by atoms with Gasteiger partial charge in [-0.25, -0.2) is 9.59 Å². The van der Waals surface area contributed by atoms with Gasteiger partial charge in [0.1, 0.15) is 22.5 Å². The molecule has 286 valence electrons. The third-order valence-electron chi connectivity index (χ3n) is 7.07. The number of nitrogens with zero attached hydrogens (tertiary/aromatic N) is 3. The van der Waals surface area contributed by atoms with Crippen molar-refractivity contribution in [3.8, 4) is 11.6 Å². The molecular weight excluding hydrogens is 702 g/mol. The van der Waals surface area contributed by atoms with Gasteiger partial charge in [0.05, 0.1) is 12.3 Å². The maximum Gasteiger partial charge on any atom is 0.426 e. The molecule has 0 spiro atoms. The van der Waals surface area contributed by atoms with Crippen LogP contribution in [-0.4, -0.2) is 44.7 Å². The number of halogens is 6. The average molecular weight is 745 g/mol. The summed E-state index contributed by atoms with van der Waals surface area (Å²) in [4.78, 5) is 43.0. The van der Waals surface area contributed by atoms with Gasteiger partial charge in [-0.15, -0.1) is 16.8 Å². The van der Waals surface area contributed by atoms with Crippen molar-refractivity contribution in [2.45, 2.75) is 116 Å². The number of nitrogens with one attached hydrogen (secondary N) is 1. The van der Waals surface area contributed by atoms with E-state index < -0.39 is 99.6 Å². The Morgan fingerprint density at radius 3 is 1.85 bits per heavy atom. The summed E-state index contributed by atoms with van der Waals surface area (Å²) in [7, 11) is 0. The summed E-state index contributed by atoms with van der Waals surface area (Å²) in [6, 6.07) is 7.85. The molecule has 0 radical (unpaired) electrons. The van der Waals surface area contributed by atoms with Gasteiger partial charge < -0.3 is 23.6 Å².